The molecule has 1 amide bonds. The highest BCUT2D eigenvalue weighted by Crippen LogP contribution is 2.19. The van der Waals surface area contributed by atoms with Crippen molar-refractivity contribution in [3.05, 3.63) is 63.4 Å². The summed E-state index contributed by atoms with van der Waals surface area (Å²) in [6.07, 6.45) is 0. The first-order valence-corrected chi connectivity index (χ1v) is 7.65. The zero-order valence-corrected chi connectivity index (χ0v) is 14.2. The van der Waals surface area contributed by atoms with Crippen molar-refractivity contribution in [2.45, 2.75) is 13.8 Å². The van der Waals surface area contributed by atoms with Crippen LogP contribution in [0.25, 0.3) is 0 Å². The van der Waals surface area contributed by atoms with Crippen LogP contribution in [-0.2, 0) is 9.53 Å². The van der Waals surface area contributed by atoms with Gasteiger partial charge in [0.25, 0.3) is 5.91 Å². The number of carbonyl (C=O) groups excluding carboxylic acids is 2. The van der Waals surface area contributed by atoms with Crippen LogP contribution in [0.1, 0.15) is 21.5 Å². The molecular formula is C17H15BrFNO3. The Morgan fingerprint density at radius 2 is 1.87 bits per heavy atom. The largest absolute Gasteiger partial charge is 0.452 e. The molecule has 0 bridgehead atoms. The minimum Gasteiger partial charge on any atom is -0.452 e. The van der Waals surface area contributed by atoms with E-state index in [1.807, 2.05) is 26.0 Å². The predicted molar refractivity (Wildman–Crippen MR) is 88.9 cm³/mol. The zero-order chi connectivity index (χ0) is 17.0. The van der Waals surface area contributed by atoms with Crippen molar-refractivity contribution in [3.8, 4) is 0 Å². The first-order valence-electron chi connectivity index (χ1n) is 6.86. The molecule has 0 aliphatic carbocycles. The topological polar surface area (TPSA) is 55.4 Å². The smallest absolute Gasteiger partial charge is 0.339 e. The van der Waals surface area contributed by atoms with E-state index in [1.54, 1.807) is 6.07 Å². The Morgan fingerprint density at radius 3 is 2.57 bits per heavy atom. The van der Waals surface area contributed by atoms with Gasteiger partial charge in [-0.15, -0.1) is 0 Å². The lowest BCUT2D eigenvalue weighted by molar-refractivity contribution is -0.119. The summed E-state index contributed by atoms with van der Waals surface area (Å²) in [6.45, 7) is 3.46. The van der Waals surface area contributed by atoms with Crippen LogP contribution in [0.3, 0.4) is 0 Å². The minimum atomic E-state index is -0.772. The number of aryl methyl sites for hydroxylation is 2. The molecule has 0 heterocycles. The SMILES string of the molecule is Cc1ccc(NC(=O)COC(=O)c2cc(F)ccc2Br)cc1C. The number of ether oxygens (including phenoxy) is 1. The van der Waals surface area contributed by atoms with Gasteiger partial charge >= 0.3 is 5.97 Å². The number of anilines is 1. The van der Waals surface area contributed by atoms with Gasteiger partial charge in [0.15, 0.2) is 6.61 Å². The standard InChI is InChI=1S/C17H15BrFNO3/c1-10-3-5-13(7-11(10)2)20-16(21)9-23-17(22)14-8-12(19)4-6-15(14)18/h3-8H,9H2,1-2H3,(H,20,21). The molecule has 1 N–H and O–H groups in total. The molecule has 0 aliphatic rings. The van der Waals surface area contributed by atoms with Gasteiger partial charge < -0.3 is 10.1 Å². The van der Waals surface area contributed by atoms with Gasteiger partial charge in [0.05, 0.1) is 5.56 Å². The van der Waals surface area contributed by atoms with Crippen molar-refractivity contribution in [2.24, 2.45) is 0 Å². The number of hydrogen-bond donors (Lipinski definition) is 1. The van der Waals surface area contributed by atoms with Crippen molar-refractivity contribution in [1.29, 1.82) is 0 Å². The van der Waals surface area contributed by atoms with E-state index in [9.17, 15) is 14.0 Å². The summed E-state index contributed by atoms with van der Waals surface area (Å²) < 4.78 is 18.5. The molecule has 6 heteroatoms. The van der Waals surface area contributed by atoms with Gasteiger partial charge in [-0.2, -0.15) is 0 Å². The molecule has 0 fully saturated rings. The van der Waals surface area contributed by atoms with Gasteiger partial charge in [-0.05, 0) is 71.2 Å². The predicted octanol–water partition coefficient (Wildman–Crippen LogP) is 4.00. The second-order valence-corrected chi connectivity index (χ2v) is 5.90. The summed E-state index contributed by atoms with van der Waals surface area (Å²) in [7, 11) is 0. The van der Waals surface area contributed by atoms with Crippen LogP contribution >= 0.6 is 15.9 Å². The van der Waals surface area contributed by atoms with Crippen LogP contribution in [-0.4, -0.2) is 18.5 Å². The summed E-state index contributed by atoms with van der Waals surface area (Å²) in [5.74, 6) is -1.79. The average Bonchev–Trinajstić information content (AvgIpc) is 2.51. The lowest BCUT2D eigenvalue weighted by atomic mass is 10.1. The molecule has 120 valence electrons. The Hall–Kier alpha value is -2.21. The van der Waals surface area contributed by atoms with Crippen LogP contribution in [0.5, 0.6) is 0 Å². The molecule has 0 aliphatic heterocycles. The van der Waals surface area contributed by atoms with Crippen LogP contribution in [0, 0.1) is 19.7 Å². The van der Waals surface area contributed by atoms with E-state index in [4.69, 9.17) is 4.74 Å². The third-order valence-electron chi connectivity index (χ3n) is 3.27. The third-order valence-corrected chi connectivity index (χ3v) is 3.96. The second kappa shape index (κ2) is 7.37. The summed E-state index contributed by atoms with van der Waals surface area (Å²) in [4.78, 5) is 23.7. The average molecular weight is 380 g/mol. The normalized spacial score (nSPS) is 10.3. The molecule has 23 heavy (non-hydrogen) atoms. The Bertz CT molecular complexity index is 761. The number of rotatable bonds is 4. The summed E-state index contributed by atoms with van der Waals surface area (Å²) in [5, 5.41) is 2.64. The molecule has 0 atom stereocenters. The van der Waals surface area contributed by atoms with E-state index in [0.29, 0.717) is 10.2 Å². The maximum atomic E-state index is 13.2. The molecule has 2 aromatic rings. The number of carbonyl (C=O) groups is 2. The molecule has 0 aromatic heterocycles. The molecule has 0 radical (unpaired) electrons. The summed E-state index contributed by atoms with van der Waals surface area (Å²) in [5.41, 5.74) is 2.82. The quantitative estimate of drug-likeness (QED) is 0.816. The highest BCUT2D eigenvalue weighted by atomic mass is 79.9. The molecular weight excluding hydrogens is 365 g/mol. The minimum absolute atomic E-state index is 0.0315. The van der Waals surface area contributed by atoms with Crippen molar-refractivity contribution in [1.82, 2.24) is 0 Å². The Balaban J connectivity index is 1.94. The fraction of sp³-hybridized carbons (Fsp3) is 0.176. The van der Waals surface area contributed by atoms with Crippen molar-refractivity contribution < 1.29 is 18.7 Å². The fourth-order valence-electron chi connectivity index (χ4n) is 1.88. The van der Waals surface area contributed by atoms with E-state index in [-0.39, 0.29) is 5.56 Å². The van der Waals surface area contributed by atoms with Crippen molar-refractivity contribution >= 4 is 33.5 Å². The fourth-order valence-corrected chi connectivity index (χ4v) is 2.29. The van der Waals surface area contributed by atoms with Gasteiger partial charge in [-0.3, -0.25) is 4.79 Å². The van der Waals surface area contributed by atoms with Crippen LogP contribution in [0.4, 0.5) is 10.1 Å². The van der Waals surface area contributed by atoms with Crippen LogP contribution in [0.2, 0.25) is 0 Å². The van der Waals surface area contributed by atoms with E-state index >= 15 is 0 Å². The van der Waals surface area contributed by atoms with Gasteiger partial charge in [-0.1, -0.05) is 6.07 Å². The molecule has 0 saturated carbocycles. The first kappa shape index (κ1) is 17.1. The number of hydrogen-bond acceptors (Lipinski definition) is 3. The van der Waals surface area contributed by atoms with E-state index in [1.165, 1.54) is 12.1 Å². The second-order valence-electron chi connectivity index (χ2n) is 5.05. The molecule has 0 saturated heterocycles. The van der Waals surface area contributed by atoms with Gasteiger partial charge in [0.2, 0.25) is 0 Å². The summed E-state index contributed by atoms with van der Waals surface area (Å²) in [6, 6.07) is 9.16. The highest BCUT2D eigenvalue weighted by Gasteiger charge is 2.14. The first-order chi connectivity index (χ1) is 10.9. The Kier molecular flexibility index (Phi) is 5.50. The van der Waals surface area contributed by atoms with Gasteiger partial charge in [0, 0.05) is 10.2 Å². The van der Waals surface area contributed by atoms with Gasteiger partial charge in [0.1, 0.15) is 5.82 Å². The Morgan fingerprint density at radius 1 is 1.13 bits per heavy atom. The zero-order valence-electron chi connectivity index (χ0n) is 12.7. The monoisotopic (exact) mass is 379 g/mol. The van der Waals surface area contributed by atoms with Crippen LogP contribution < -0.4 is 5.32 Å². The number of esters is 1. The van der Waals surface area contributed by atoms with Crippen molar-refractivity contribution in [2.75, 3.05) is 11.9 Å². The number of benzene rings is 2. The van der Waals surface area contributed by atoms with Crippen LogP contribution in [0.15, 0.2) is 40.9 Å². The molecule has 0 unspecified atom stereocenters. The number of halogens is 2. The maximum absolute atomic E-state index is 13.2. The van der Waals surface area contributed by atoms with E-state index in [2.05, 4.69) is 21.2 Å². The number of amides is 1. The lowest BCUT2D eigenvalue weighted by Gasteiger charge is -2.09. The lowest BCUT2D eigenvalue weighted by Crippen LogP contribution is -2.21. The third kappa shape index (κ3) is 4.63. The number of nitrogens with one attached hydrogen (secondary N) is 1. The molecule has 4 nitrogen and oxygen atoms in total. The maximum Gasteiger partial charge on any atom is 0.339 e. The van der Waals surface area contributed by atoms with Crippen molar-refractivity contribution in [3.63, 3.8) is 0 Å². The Labute approximate surface area is 141 Å². The highest BCUT2D eigenvalue weighted by molar-refractivity contribution is 9.10. The molecule has 0 spiro atoms. The van der Waals surface area contributed by atoms with E-state index in [0.717, 1.165) is 17.2 Å². The van der Waals surface area contributed by atoms with Gasteiger partial charge in [-0.25, -0.2) is 9.18 Å². The molecule has 2 rings (SSSR count). The van der Waals surface area contributed by atoms with E-state index < -0.39 is 24.3 Å². The summed E-state index contributed by atoms with van der Waals surface area (Å²) >= 11 is 3.14. The molecule has 2 aromatic carbocycles.